The number of anilines is 2. The predicted octanol–water partition coefficient (Wildman–Crippen LogP) is 6.09. The van der Waals surface area contributed by atoms with E-state index in [9.17, 15) is 4.79 Å². The van der Waals surface area contributed by atoms with Gasteiger partial charge in [0.25, 0.3) is 5.91 Å². The fraction of sp³-hybridized carbons (Fsp3) is 0.200. The lowest BCUT2D eigenvalue weighted by Gasteiger charge is -2.25. The fourth-order valence-electron chi connectivity index (χ4n) is 4.32. The van der Waals surface area contributed by atoms with Crippen molar-refractivity contribution in [2.45, 2.75) is 18.9 Å². The summed E-state index contributed by atoms with van der Waals surface area (Å²) in [4.78, 5) is 15.3. The van der Waals surface area contributed by atoms with Gasteiger partial charge in [0.15, 0.2) is 0 Å². The molecule has 168 valence electrons. The zero-order chi connectivity index (χ0) is 22.9. The largest absolute Gasteiger partial charge is 0.353 e. The Morgan fingerprint density at radius 2 is 1.73 bits per heavy atom. The number of fused-ring (bicyclic) bond motifs is 1. The Morgan fingerprint density at radius 1 is 0.970 bits per heavy atom. The van der Waals surface area contributed by atoms with Crippen LogP contribution in [0.1, 0.15) is 23.6 Å². The minimum absolute atomic E-state index is 0.186. The standard InChI is InChI=1S/C25H21Cl3N4O/c26-18-7-5-17(6-8-18)24-14-21(30-32(24)23-10-9-19(27)13-20(23)28)25(33)29-15-31-12-11-16-3-1-2-4-22(16)31/h1-10,13,24H,11-12,14-15H2,(H,29,33). The Hall–Kier alpha value is -2.73. The van der Waals surface area contributed by atoms with Crippen LogP contribution in [0, 0.1) is 0 Å². The molecule has 0 spiro atoms. The highest BCUT2D eigenvalue weighted by molar-refractivity contribution is 6.40. The molecular formula is C25H21Cl3N4O. The van der Waals surface area contributed by atoms with E-state index in [1.807, 2.05) is 42.5 Å². The highest BCUT2D eigenvalue weighted by atomic mass is 35.5. The number of hydrogen-bond donors (Lipinski definition) is 1. The van der Waals surface area contributed by atoms with E-state index in [4.69, 9.17) is 34.8 Å². The number of hydrogen-bond acceptors (Lipinski definition) is 4. The third-order valence-corrected chi connectivity index (χ3v) is 6.79. The van der Waals surface area contributed by atoms with Crippen molar-refractivity contribution < 1.29 is 4.79 Å². The summed E-state index contributed by atoms with van der Waals surface area (Å²) >= 11 is 18.7. The summed E-state index contributed by atoms with van der Waals surface area (Å²) in [7, 11) is 0. The Labute approximate surface area is 207 Å². The molecule has 1 unspecified atom stereocenters. The number of halogens is 3. The smallest absolute Gasteiger partial charge is 0.268 e. The van der Waals surface area contributed by atoms with Crippen LogP contribution in [0.3, 0.4) is 0 Å². The molecule has 5 nitrogen and oxygen atoms in total. The maximum absolute atomic E-state index is 13.1. The van der Waals surface area contributed by atoms with E-state index < -0.39 is 0 Å². The van der Waals surface area contributed by atoms with Gasteiger partial charge in [0.05, 0.1) is 23.4 Å². The first-order chi connectivity index (χ1) is 16.0. The molecule has 5 rings (SSSR count). The van der Waals surface area contributed by atoms with Crippen molar-refractivity contribution in [3.63, 3.8) is 0 Å². The summed E-state index contributed by atoms with van der Waals surface area (Å²) in [6.45, 7) is 1.31. The molecule has 3 aromatic carbocycles. The van der Waals surface area contributed by atoms with E-state index in [1.165, 1.54) is 11.3 Å². The number of nitrogens with zero attached hydrogens (tertiary/aromatic N) is 3. The van der Waals surface area contributed by atoms with Crippen LogP contribution < -0.4 is 15.2 Å². The minimum atomic E-state index is -0.189. The van der Waals surface area contributed by atoms with Crippen molar-refractivity contribution >= 4 is 57.8 Å². The van der Waals surface area contributed by atoms with Crippen LogP contribution in [0.2, 0.25) is 15.1 Å². The topological polar surface area (TPSA) is 47.9 Å². The van der Waals surface area contributed by atoms with E-state index in [0.29, 0.717) is 39.6 Å². The predicted molar refractivity (Wildman–Crippen MR) is 136 cm³/mol. The van der Waals surface area contributed by atoms with Crippen molar-refractivity contribution in [1.82, 2.24) is 5.32 Å². The molecule has 0 fully saturated rings. The molecule has 0 bridgehead atoms. The van der Waals surface area contributed by atoms with Gasteiger partial charge in [-0.2, -0.15) is 5.10 Å². The van der Waals surface area contributed by atoms with E-state index in [-0.39, 0.29) is 11.9 Å². The van der Waals surface area contributed by atoms with Gasteiger partial charge in [0, 0.05) is 28.7 Å². The number of benzene rings is 3. The van der Waals surface area contributed by atoms with Crippen molar-refractivity contribution in [3.05, 3.63) is 92.9 Å². The molecule has 1 atom stereocenters. The molecular weight excluding hydrogens is 479 g/mol. The van der Waals surface area contributed by atoms with Gasteiger partial charge in [-0.05, 0) is 53.9 Å². The van der Waals surface area contributed by atoms with Crippen LogP contribution in [0.15, 0.2) is 71.8 Å². The van der Waals surface area contributed by atoms with Gasteiger partial charge >= 0.3 is 0 Å². The second-order valence-electron chi connectivity index (χ2n) is 8.06. The number of nitrogens with one attached hydrogen (secondary N) is 1. The maximum atomic E-state index is 13.1. The first kappa shape index (κ1) is 22.1. The Morgan fingerprint density at radius 3 is 2.52 bits per heavy atom. The van der Waals surface area contributed by atoms with Gasteiger partial charge in [0.2, 0.25) is 0 Å². The molecule has 1 amide bonds. The molecule has 2 aliphatic rings. The quantitative estimate of drug-likeness (QED) is 0.462. The monoisotopic (exact) mass is 498 g/mol. The summed E-state index contributed by atoms with van der Waals surface area (Å²) in [6.07, 6.45) is 1.43. The Bertz CT molecular complexity index is 1230. The van der Waals surface area contributed by atoms with E-state index >= 15 is 0 Å². The van der Waals surface area contributed by atoms with Crippen molar-refractivity contribution in [1.29, 1.82) is 0 Å². The summed E-state index contributed by atoms with van der Waals surface area (Å²) in [6, 6.07) is 20.9. The van der Waals surface area contributed by atoms with Crippen molar-refractivity contribution in [3.8, 4) is 0 Å². The van der Waals surface area contributed by atoms with Gasteiger partial charge in [-0.1, -0.05) is 65.1 Å². The molecule has 0 saturated heterocycles. The number of rotatable bonds is 5. The van der Waals surface area contributed by atoms with Gasteiger partial charge in [0.1, 0.15) is 5.71 Å². The molecule has 33 heavy (non-hydrogen) atoms. The lowest BCUT2D eigenvalue weighted by Crippen LogP contribution is -2.39. The lowest BCUT2D eigenvalue weighted by atomic mass is 10.0. The third-order valence-electron chi connectivity index (χ3n) is 6.00. The lowest BCUT2D eigenvalue weighted by molar-refractivity contribution is -0.114. The summed E-state index contributed by atoms with van der Waals surface area (Å²) in [5, 5.41) is 11.2. The fourth-order valence-corrected chi connectivity index (χ4v) is 4.94. The number of carbonyl (C=O) groups is 1. The second kappa shape index (κ2) is 9.26. The minimum Gasteiger partial charge on any atom is -0.353 e. The first-order valence-electron chi connectivity index (χ1n) is 10.7. The van der Waals surface area contributed by atoms with Crippen molar-refractivity contribution in [2.24, 2.45) is 5.10 Å². The second-order valence-corrected chi connectivity index (χ2v) is 9.34. The Balaban J connectivity index is 1.37. The molecule has 0 aromatic heterocycles. The average Bonchev–Trinajstić information content (AvgIpc) is 3.43. The van der Waals surface area contributed by atoms with E-state index in [0.717, 1.165) is 18.5 Å². The number of amides is 1. The summed E-state index contributed by atoms with van der Waals surface area (Å²) in [5.74, 6) is -0.189. The van der Waals surface area contributed by atoms with Crippen molar-refractivity contribution in [2.75, 3.05) is 23.1 Å². The van der Waals surface area contributed by atoms with Gasteiger partial charge in [-0.15, -0.1) is 0 Å². The number of hydrazone groups is 1. The SMILES string of the molecule is O=C(NCN1CCc2ccccc21)C1=NN(c2ccc(Cl)cc2Cl)C(c2ccc(Cl)cc2)C1. The van der Waals surface area contributed by atoms with Crippen LogP contribution in [0.25, 0.3) is 0 Å². The van der Waals surface area contributed by atoms with Crippen LogP contribution in [0.4, 0.5) is 11.4 Å². The van der Waals surface area contributed by atoms with Crippen LogP contribution in [-0.4, -0.2) is 24.8 Å². The maximum Gasteiger partial charge on any atom is 0.268 e. The van der Waals surface area contributed by atoms with Crippen LogP contribution in [-0.2, 0) is 11.2 Å². The molecule has 0 aliphatic carbocycles. The van der Waals surface area contributed by atoms with Crippen LogP contribution in [0.5, 0.6) is 0 Å². The molecule has 8 heteroatoms. The zero-order valence-corrected chi connectivity index (χ0v) is 19.9. The molecule has 0 saturated carbocycles. The number of carbonyl (C=O) groups excluding carboxylic acids is 1. The van der Waals surface area contributed by atoms with E-state index in [2.05, 4.69) is 27.5 Å². The highest BCUT2D eigenvalue weighted by Crippen LogP contribution is 2.40. The molecule has 3 aromatic rings. The van der Waals surface area contributed by atoms with Gasteiger partial charge in [-0.3, -0.25) is 9.80 Å². The van der Waals surface area contributed by atoms with E-state index in [1.54, 1.807) is 17.1 Å². The molecule has 1 N–H and O–H groups in total. The third kappa shape index (κ3) is 4.54. The van der Waals surface area contributed by atoms with Crippen LogP contribution >= 0.6 is 34.8 Å². The van der Waals surface area contributed by atoms with Gasteiger partial charge < -0.3 is 10.2 Å². The zero-order valence-electron chi connectivity index (χ0n) is 17.6. The normalized spacial score (nSPS) is 17.2. The Kier molecular flexibility index (Phi) is 6.19. The summed E-state index contributed by atoms with van der Waals surface area (Å²) in [5.41, 5.74) is 4.60. The molecule has 0 radical (unpaired) electrons. The highest BCUT2D eigenvalue weighted by Gasteiger charge is 2.33. The number of para-hydroxylation sites is 1. The summed E-state index contributed by atoms with van der Waals surface area (Å²) < 4.78 is 0. The first-order valence-corrected chi connectivity index (χ1v) is 11.8. The van der Waals surface area contributed by atoms with Gasteiger partial charge in [-0.25, -0.2) is 0 Å². The molecule has 2 aliphatic heterocycles. The average molecular weight is 500 g/mol. The molecule has 2 heterocycles.